The Balaban J connectivity index is 2.04. The van der Waals surface area contributed by atoms with Crippen LogP contribution in [0.1, 0.15) is 17.2 Å². The summed E-state index contributed by atoms with van der Waals surface area (Å²) in [4.78, 5) is 12.2. The highest BCUT2D eigenvalue weighted by atomic mass is 16.3. The predicted octanol–water partition coefficient (Wildman–Crippen LogP) is 3.78. The molecule has 24 heavy (non-hydrogen) atoms. The molecule has 0 radical (unpaired) electrons. The average Bonchev–Trinajstić information content (AvgIpc) is 2.63. The molecule has 2 aromatic carbocycles. The summed E-state index contributed by atoms with van der Waals surface area (Å²) in [6, 6.07) is 21.9. The van der Waals surface area contributed by atoms with Gasteiger partial charge >= 0.3 is 0 Å². The molecule has 1 atom stereocenters. The smallest absolute Gasteiger partial charge is 0.192 e. The van der Waals surface area contributed by atoms with Crippen LogP contribution in [0, 0.1) is 28.6 Å². The number of para-hydroxylation sites is 1. The van der Waals surface area contributed by atoms with Gasteiger partial charge in [-0.2, -0.15) is 10.5 Å². The topological polar surface area (TPSA) is 77.8 Å². The number of benzene rings is 2. The molecular formula is C20H14N2O2. The highest BCUT2D eigenvalue weighted by Gasteiger charge is 2.24. The molecule has 4 heteroatoms. The van der Waals surface area contributed by atoms with Gasteiger partial charge in [0.25, 0.3) is 0 Å². The molecule has 0 N–H and O–H groups in total. The molecule has 3 rings (SSSR count). The van der Waals surface area contributed by atoms with Crippen molar-refractivity contribution in [3.05, 3.63) is 82.2 Å². The van der Waals surface area contributed by atoms with Crippen molar-refractivity contribution in [2.24, 2.45) is 5.92 Å². The third kappa shape index (κ3) is 3.04. The summed E-state index contributed by atoms with van der Waals surface area (Å²) in [7, 11) is 0. The Hall–Kier alpha value is -3.37. The molecule has 0 bridgehead atoms. The fraction of sp³-hybridized carbons (Fsp3) is 0.150. The van der Waals surface area contributed by atoms with E-state index in [0.717, 1.165) is 5.56 Å². The normalized spacial score (nSPS) is 11.8. The molecule has 0 aliphatic rings. The van der Waals surface area contributed by atoms with Crippen molar-refractivity contribution in [1.82, 2.24) is 0 Å². The Morgan fingerprint density at radius 3 is 2.33 bits per heavy atom. The Morgan fingerprint density at radius 1 is 0.958 bits per heavy atom. The first-order chi connectivity index (χ1) is 11.7. The zero-order chi connectivity index (χ0) is 16.9. The molecule has 1 unspecified atom stereocenters. The fourth-order valence-electron chi connectivity index (χ4n) is 2.81. The highest BCUT2D eigenvalue weighted by molar-refractivity contribution is 5.76. The SMILES string of the molecule is N#CC(C#N)C(Cc1cc(=O)c2ccccc2o1)c1ccccc1. The Morgan fingerprint density at radius 2 is 1.62 bits per heavy atom. The van der Waals surface area contributed by atoms with E-state index in [1.807, 2.05) is 42.5 Å². The molecule has 4 nitrogen and oxygen atoms in total. The first kappa shape index (κ1) is 15.5. The Kier molecular flexibility index (Phi) is 4.40. The van der Waals surface area contributed by atoms with Crippen LogP contribution in [0.15, 0.2) is 69.9 Å². The summed E-state index contributed by atoms with van der Waals surface area (Å²) in [5, 5.41) is 19.1. The second-order valence-electron chi connectivity index (χ2n) is 5.53. The average molecular weight is 314 g/mol. The number of nitrogens with zero attached hydrogens (tertiary/aromatic N) is 2. The van der Waals surface area contributed by atoms with E-state index in [4.69, 9.17) is 4.42 Å². The summed E-state index contributed by atoms with van der Waals surface area (Å²) in [6.45, 7) is 0. The lowest BCUT2D eigenvalue weighted by Gasteiger charge is -2.17. The first-order valence-corrected chi connectivity index (χ1v) is 7.59. The molecule has 0 spiro atoms. The second kappa shape index (κ2) is 6.81. The molecular weight excluding hydrogens is 300 g/mol. The van der Waals surface area contributed by atoms with Gasteiger partial charge in [-0.05, 0) is 17.7 Å². The van der Waals surface area contributed by atoms with Gasteiger partial charge in [-0.15, -0.1) is 0 Å². The summed E-state index contributed by atoms with van der Waals surface area (Å²) in [6.07, 6.45) is 0.315. The van der Waals surface area contributed by atoms with Crippen molar-refractivity contribution >= 4 is 11.0 Å². The third-order valence-corrected chi connectivity index (χ3v) is 4.02. The summed E-state index contributed by atoms with van der Waals surface area (Å²) < 4.78 is 5.81. The number of nitriles is 2. The van der Waals surface area contributed by atoms with Crippen LogP contribution in [0.4, 0.5) is 0 Å². The van der Waals surface area contributed by atoms with E-state index in [1.165, 1.54) is 6.07 Å². The lowest BCUT2D eigenvalue weighted by Crippen LogP contribution is -2.14. The van der Waals surface area contributed by atoms with Crippen molar-refractivity contribution in [3.8, 4) is 12.1 Å². The number of hydrogen-bond donors (Lipinski definition) is 0. The van der Waals surface area contributed by atoms with Gasteiger partial charge in [-0.25, -0.2) is 0 Å². The summed E-state index contributed by atoms with van der Waals surface area (Å²) >= 11 is 0. The van der Waals surface area contributed by atoms with Crippen LogP contribution in [0.3, 0.4) is 0 Å². The van der Waals surface area contributed by atoms with Gasteiger partial charge in [0.05, 0.1) is 17.5 Å². The van der Waals surface area contributed by atoms with Crippen LogP contribution in [-0.4, -0.2) is 0 Å². The lowest BCUT2D eigenvalue weighted by molar-refractivity contribution is 0.486. The molecule has 0 saturated carbocycles. The largest absolute Gasteiger partial charge is 0.461 e. The molecule has 1 aromatic heterocycles. The van der Waals surface area contributed by atoms with E-state index < -0.39 is 5.92 Å². The molecule has 0 aliphatic carbocycles. The van der Waals surface area contributed by atoms with Gasteiger partial charge in [0, 0.05) is 18.4 Å². The molecule has 0 aliphatic heterocycles. The lowest BCUT2D eigenvalue weighted by atomic mass is 9.84. The van der Waals surface area contributed by atoms with E-state index in [1.54, 1.807) is 24.3 Å². The van der Waals surface area contributed by atoms with E-state index in [-0.39, 0.29) is 11.3 Å². The minimum Gasteiger partial charge on any atom is -0.461 e. The van der Waals surface area contributed by atoms with Gasteiger partial charge in [0.1, 0.15) is 17.3 Å². The Bertz CT molecular complexity index is 980. The zero-order valence-corrected chi connectivity index (χ0v) is 12.8. The van der Waals surface area contributed by atoms with Gasteiger partial charge in [0.2, 0.25) is 0 Å². The van der Waals surface area contributed by atoms with Crippen LogP contribution >= 0.6 is 0 Å². The minimum atomic E-state index is -0.816. The van der Waals surface area contributed by atoms with Crippen molar-refractivity contribution in [3.63, 3.8) is 0 Å². The van der Waals surface area contributed by atoms with Crippen molar-refractivity contribution < 1.29 is 4.42 Å². The monoisotopic (exact) mass is 314 g/mol. The predicted molar refractivity (Wildman–Crippen MR) is 90.1 cm³/mol. The van der Waals surface area contributed by atoms with Crippen LogP contribution < -0.4 is 5.43 Å². The Labute approximate surface area is 139 Å². The van der Waals surface area contributed by atoms with E-state index >= 15 is 0 Å². The minimum absolute atomic E-state index is 0.121. The summed E-state index contributed by atoms with van der Waals surface area (Å²) in [5.41, 5.74) is 1.27. The quantitative estimate of drug-likeness (QED) is 0.734. The van der Waals surface area contributed by atoms with Crippen LogP contribution in [0.5, 0.6) is 0 Å². The molecule has 0 amide bonds. The van der Waals surface area contributed by atoms with E-state index in [2.05, 4.69) is 0 Å². The van der Waals surface area contributed by atoms with Crippen molar-refractivity contribution in [2.45, 2.75) is 12.3 Å². The standard InChI is InChI=1S/C20H14N2O2/c21-12-15(13-22)18(14-6-2-1-3-7-14)10-16-11-19(23)17-8-4-5-9-20(17)24-16/h1-9,11,15,18H,10H2. The zero-order valence-electron chi connectivity index (χ0n) is 12.8. The first-order valence-electron chi connectivity index (χ1n) is 7.59. The van der Waals surface area contributed by atoms with E-state index in [0.29, 0.717) is 23.2 Å². The molecule has 0 saturated heterocycles. The van der Waals surface area contributed by atoms with Gasteiger partial charge in [0.15, 0.2) is 5.43 Å². The maximum absolute atomic E-state index is 12.2. The molecule has 1 heterocycles. The maximum atomic E-state index is 12.2. The van der Waals surface area contributed by atoms with Crippen LogP contribution in [0.2, 0.25) is 0 Å². The van der Waals surface area contributed by atoms with E-state index in [9.17, 15) is 15.3 Å². The number of fused-ring (bicyclic) bond motifs is 1. The van der Waals surface area contributed by atoms with Gasteiger partial charge in [-0.1, -0.05) is 42.5 Å². The van der Waals surface area contributed by atoms with Crippen LogP contribution in [-0.2, 0) is 6.42 Å². The van der Waals surface area contributed by atoms with Crippen molar-refractivity contribution in [1.29, 1.82) is 10.5 Å². The fourth-order valence-corrected chi connectivity index (χ4v) is 2.81. The molecule has 116 valence electrons. The number of rotatable bonds is 4. The van der Waals surface area contributed by atoms with Crippen LogP contribution in [0.25, 0.3) is 11.0 Å². The molecule has 3 aromatic rings. The van der Waals surface area contributed by atoms with Gasteiger partial charge < -0.3 is 4.42 Å². The highest BCUT2D eigenvalue weighted by Crippen LogP contribution is 2.28. The van der Waals surface area contributed by atoms with Gasteiger partial charge in [-0.3, -0.25) is 4.79 Å². The second-order valence-corrected chi connectivity index (χ2v) is 5.53. The number of hydrogen-bond acceptors (Lipinski definition) is 4. The van der Waals surface area contributed by atoms with Crippen molar-refractivity contribution in [2.75, 3.05) is 0 Å². The third-order valence-electron chi connectivity index (χ3n) is 4.02. The maximum Gasteiger partial charge on any atom is 0.192 e. The molecule has 0 fully saturated rings. The summed E-state index contributed by atoms with van der Waals surface area (Å²) in [5.74, 6) is -0.697.